The zero-order valence-corrected chi connectivity index (χ0v) is 11.4. The molecule has 0 radical (unpaired) electrons. The number of carbonyl (C=O) groups is 1. The summed E-state index contributed by atoms with van der Waals surface area (Å²) in [5.41, 5.74) is 6.65. The van der Waals surface area contributed by atoms with Gasteiger partial charge in [0.25, 0.3) is 0 Å². The van der Waals surface area contributed by atoms with Gasteiger partial charge in [0.2, 0.25) is 0 Å². The first-order valence-corrected chi connectivity index (χ1v) is 6.43. The lowest BCUT2D eigenvalue weighted by atomic mass is 10.1. The van der Waals surface area contributed by atoms with Crippen molar-refractivity contribution in [1.29, 1.82) is 0 Å². The molecule has 2 rings (SSSR count). The monoisotopic (exact) mass is 264 g/mol. The molecule has 2 N–H and O–H groups in total. The Labute approximate surface area is 113 Å². The molecular weight excluding hydrogens is 244 g/mol. The molecule has 1 heterocycles. The van der Waals surface area contributed by atoms with E-state index in [0.717, 1.165) is 25.9 Å². The molecule has 1 saturated heterocycles. The number of benzene rings is 1. The van der Waals surface area contributed by atoms with Crippen molar-refractivity contribution in [2.24, 2.45) is 0 Å². The maximum absolute atomic E-state index is 12.1. The molecule has 1 fully saturated rings. The van der Waals surface area contributed by atoms with Gasteiger partial charge in [-0.25, -0.2) is 4.79 Å². The number of piperidine rings is 1. The Morgan fingerprint density at radius 3 is 2.68 bits per heavy atom. The van der Waals surface area contributed by atoms with E-state index >= 15 is 0 Å². The molecule has 1 aromatic rings. The molecular formula is C14H20N2O3. The standard InChI is InChI=1S/C14H20N2O3/c1-16-7-5-11(6-8-16)19-14(17)12-4-3-10(15)9-13(12)18-2/h3-4,9,11H,5-8,15H2,1-2H3. The quantitative estimate of drug-likeness (QED) is 0.662. The van der Waals surface area contributed by atoms with E-state index < -0.39 is 0 Å². The average Bonchev–Trinajstić information content (AvgIpc) is 2.41. The summed E-state index contributed by atoms with van der Waals surface area (Å²) in [6, 6.07) is 4.95. The fourth-order valence-electron chi connectivity index (χ4n) is 2.19. The summed E-state index contributed by atoms with van der Waals surface area (Å²) in [6.07, 6.45) is 1.74. The van der Waals surface area contributed by atoms with Crippen LogP contribution in [0.1, 0.15) is 23.2 Å². The normalized spacial score (nSPS) is 17.2. The van der Waals surface area contributed by atoms with E-state index in [-0.39, 0.29) is 12.1 Å². The van der Waals surface area contributed by atoms with E-state index in [2.05, 4.69) is 11.9 Å². The van der Waals surface area contributed by atoms with Crippen molar-refractivity contribution >= 4 is 11.7 Å². The molecule has 0 spiro atoms. The molecule has 1 aliphatic heterocycles. The molecule has 5 nitrogen and oxygen atoms in total. The van der Waals surface area contributed by atoms with E-state index in [1.165, 1.54) is 7.11 Å². The number of rotatable bonds is 3. The van der Waals surface area contributed by atoms with Crippen LogP contribution in [-0.4, -0.2) is 44.2 Å². The van der Waals surface area contributed by atoms with Crippen molar-refractivity contribution in [3.8, 4) is 5.75 Å². The van der Waals surface area contributed by atoms with Gasteiger partial charge < -0.3 is 20.1 Å². The van der Waals surface area contributed by atoms with Gasteiger partial charge in [0.05, 0.1) is 7.11 Å². The zero-order chi connectivity index (χ0) is 13.8. The number of anilines is 1. The fourth-order valence-corrected chi connectivity index (χ4v) is 2.19. The van der Waals surface area contributed by atoms with Crippen molar-refractivity contribution in [3.05, 3.63) is 23.8 Å². The van der Waals surface area contributed by atoms with Crippen molar-refractivity contribution in [2.75, 3.05) is 33.0 Å². The van der Waals surface area contributed by atoms with Gasteiger partial charge >= 0.3 is 5.97 Å². The highest BCUT2D eigenvalue weighted by Crippen LogP contribution is 2.24. The number of nitrogens with two attached hydrogens (primary N) is 1. The number of hydrogen-bond acceptors (Lipinski definition) is 5. The maximum atomic E-state index is 12.1. The number of methoxy groups -OCH3 is 1. The highest BCUT2D eigenvalue weighted by Gasteiger charge is 2.22. The molecule has 19 heavy (non-hydrogen) atoms. The van der Waals surface area contributed by atoms with Crippen molar-refractivity contribution < 1.29 is 14.3 Å². The van der Waals surface area contributed by atoms with E-state index in [9.17, 15) is 4.79 Å². The van der Waals surface area contributed by atoms with Gasteiger partial charge in [-0.05, 0) is 32.0 Å². The lowest BCUT2D eigenvalue weighted by Gasteiger charge is -2.28. The van der Waals surface area contributed by atoms with Crippen LogP contribution in [0.4, 0.5) is 5.69 Å². The number of likely N-dealkylation sites (tertiary alicyclic amines) is 1. The third-order valence-corrected chi connectivity index (χ3v) is 3.38. The molecule has 0 atom stereocenters. The Balaban J connectivity index is 2.03. The molecule has 1 aromatic carbocycles. The molecule has 0 saturated carbocycles. The number of carbonyl (C=O) groups excluding carboxylic acids is 1. The molecule has 0 amide bonds. The number of hydrogen-bond donors (Lipinski definition) is 1. The summed E-state index contributed by atoms with van der Waals surface area (Å²) in [7, 11) is 3.59. The minimum Gasteiger partial charge on any atom is -0.496 e. The average molecular weight is 264 g/mol. The van der Waals surface area contributed by atoms with Crippen molar-refractivity contribution in [1.82, 2.24) is 4.90 Å². The SMILES string of the molecule is COc1cc(N)ccc1C(=O)OC1CCN(C)CC1. The minimum atomic E-state index is -0.341. The Hall–Kier alpha value is -1.75. The van der Waals surface area contributed by atoms with Crippen molar-refractivity contribution in [3.63, 3.8) is 0 Å². The first-order chi connectivity index (χ1) is 9.10. The Kier molecular flexibility index (Phi) is 4.27. The topological polar surface area (TPSA) is 64.8 Å². The van der Waals surface area contributed by atoms with Gasteiger partial charge in [0, 0.05) is 24.8 Å². The minimum absolute atomic E-state index is 0.00837. The third-order valence-electron chi connectivity index (χ3n) is 3.38. The Morgan fingerprint density at radius 1 is 1.37 bits per heavy atom. The van der Waals surface area contributed by atoms with Crippen LogP contribution in [0.5, 0.6) is 5.75 Å². The molecule has 0 aromatic heterocycles. The van der Waals surface area contributed by atoms with Crippen LogP contribution < -0.4 is 10.5 Å². The summed E-state index contributed by atoms with van der Waals surface area (Å²) in [5, 5.41) is 0. The second kappa shape index (κ2) is 5.93. The van der Waals surface area contributed by atoms with Crippen LogP contribution in [0.15, 0.2) is 18.2 Å². The molecule has 104 valence electrons. The first kappa shape index (κ1) is 13.7. The van der Waals surface area contributed by atoms with E-state index in [1.807, 2.05) is 0 Å². The van der Waals surface area contributed by atoms with E-state index in [4.69, 9.17) is 15.2 Å². The van der Waals surface area contributed by atoms with Crippen LogP contribution in [0.25, 0.3) is 0 Å². The summed E-state index contributed by atoms with van der Waals surface area (Å²) in [6.45, 7) is 1.91. The summed E-state index contributed by atoms with van der Waals surface area (Å²) in [5.74, 6) is 0.115. The van der Waals surface area contributed by atoms with Gasteiger partial charge in [-0.15, -0.1) is 0 Å². The molecule has 0 aliphatic carbocycles. The van der Waals surface area contributed by atoms with Gasteiger partial charge in [-0.1, -0.05) is 0 Å². The number of nitrogens with zero attached hydrogens (tertiary/aromatic N) is 1. The maximum Gasteiger partial charge on any atom is 0.342 e. The van der Waals surface area contributed by atoms with Gasteiger partial charge in [-0.2, -0.15) is 0 Å². The Morgan fingerprint density at radius 2 is 2.05 bits per heavy atom. The van der Waals surface area contributed by atoms with Gasteiger partial charge in [-0.3, -0.25) is 0 Å². The predicted octanol–water partition coefficient (Wildman–Crippen LogP) is 1.53. The summed E-state index contributed by atoms with van der Waals surface area (Å²) >= 11 is 0. The second-order valence-corrected chi connectivity index (χ2v) is 4.87. The lowest BCUT2D eigenvalue weighted by Crippen LogP contribution is -2.35. The van der Waals surface area contributed by atoms with Crippen LogP contribution in [-0.2, 0) is 4.74 Å². The molecule has 0 unspecified atom stereocenters. The van der Waals surface area contributed by atoms with Crippen LogP contribution in [0, 0.1) is 0 Å². The highest BCUT2D eigenvalue weighted by molar-refractivity contribution is 5.93. The zero-order valence-electron chi connectivity index (χ0n) is 11.4. The molecule has 1 aliphatic rings. The van der Waals surface area contributed by atoms with Crippen LogP contribution in [0.2, 0.25) is 0 Å². The van der Waals surface area contributed by atoms with Crippen LogP contribution >= 0.6 is 0 Å². The van der Waals surface area contributed by atoms with Crippen LogP contribution in [0.3, 0.4) is 0 Å². The number of esters is 1. The predicted molar refractivity (Wildman–Crippen MR) is 73.3 cm³/mol. The molecule has 0 bridgehead atoms. The van der Waals surface area contributed by atoms with E-state index in [1.54, 1.807) is 18.2 Å². The summed E-state index contributed by atoms with van der Waals surface area (Å²) in [4.78, 5) is 14.4. The Bertz CT molecular complexity index is 454. The summed E-state index contributed by atoms with van der Waals surface area (Å²) < 4.78 is 10.7. The first-order valence-electron chi connectivity index (χ1n) is 6.43. The highest BCUT2D eigenvalue weighted by atomic mass is 16.5. The lowest BCUT2D eigenvalue weighted by molar-refractivity contribution is 0.0136. The number of ether oxygens (including phenoxy) is 2. The largest absolute Gasteiger partial charge is 0.496 e. The molecule has 5 heteroatoms. The van der Waals surface area contributed by atoms with E-state index in [0.29, 0.717) is 17.0 Å². The van der Waals surface area contributed by atoms with Gasteiger partial charge in [0.15, 0.2) is 0 Å². The second-order valence-electron chi connectivity index (χ2n) is 4.87. The number of nitrogen functional groups attached to an aromatic ring is 1. The van der Waals surface area contributed by atoms with Crippen molar-refractivity contribution in [2.45, 2.75) is 18.9 Å². The van der Waals surface area contributed by atoms with Gasteiger partial charge in [0.1, 0.15) is 17.4 Å². The third kappa shape index (κ3) is 3.38. The fraction of sp³-hybridized carbons (Fsp3) is 0.500. The smallest absolute Gasteiger partial charge is 0.342 e.